The first-order valence-corrected chi connectivity index (χ1v) is 10.2. The Morgan fingerprint density at radius 3 is 2.06 bits per heavy atom. The normalized spacial score (nSPS) is 12.3. The van der Waals surface area contributed by atoms with Gasteiger partial charge in [0.25, 0.3) is 11.8 Å². The third kappa shape index (κ3) is 6.01. The summed E-state index contributed by atoms with van der Waals surface area (Å²) in [5.41, 5.74) is 1.29. The van der Waals surface area contributed by atoms with Crippen LogP contribution in [0, 0.1) is 5.82 Å². The van der Waals surface area contributed by atoms with Gasteiger partial charge in [-0.15, -0.1) is 0 Å². The Kier molecular flexibility index (Phi) is 7.70. The highest BCUT2D eigenvalue weighted by Gasteiger charge is 2.29. The molecule has 0 bridgehead atoms. The number of rotatable bonds is 8. The Bertz CT molecular complexity index is 1060. The fourth-order valence-electron chi connectivity index (χ4n) is 3.01. The van der Waals surface area contributed by atoms with Gasteiger partial charge >= 0.3 is 5.97 Å². The van der Waals surface area contributed by atoms with Crippen molar-refractivity contribution in [2.45, 2.75) is 25.5 Å². The van der Waals surface area contributed by atoms with E-state index in [9.17, 15) is 18.8 Å². The van der Waals surface area contributed by atoms with Crippen LogP contribution in [0.15, 0.2) is 84.9 Å². The monoisotopic (exact) mass is 434 g/mol. The summed E-state index contributed by atoms with van der Waals surface area (Å²) in [4.78, 5) is 38.3. The highest BCUT2D eigenvalue weighted by atomic mass is 19.1. The Morgan fingerprint density at radius 2 is 1.47 bits per heavy atom. The summed E-state index contributed by atoms with van der Waals surface area (Å²) < 4.78 is 18.6. The minimum atomic E-state index is -1.10. The van der Waals surface area contributed by atoms with Gasteiger partial charge in [0.05, 0.1) is 0 Å². The van der Waals surface area contributed by atoms with Crippen LogP contribution in [0.25, 0.3) is 0 Å². The number of amides is 2. The Balaban J connectivity index is 1.75. The summed E-state index contributed by atoms with van der Waals surface area (Å²) in [5.74, 6) is -2.18. The number of hydrogen-bond acceptors (Lipinski definition) is 4. The van der Waals surface area contributed by atoms with Crippen molar-refractivity contribution in [3.05, 3.63) is 102 Å². The molecule has 3 aromatic rings. The van der Waals surface area contributed by atoms with E-state index in [0.29, 0.717) is 16.8 Å². The zero-order valence-corrected chi connectivity index (χ0v) is 17.5. The van der Waals surface area contributed by atoms with E-state index in [0.717, 1.165) is 0 Å². The van der Waals surface area contributed by atoms with Crippen LogP contribution in [-0.2, 0) is 14.3 Å². The van der Waals surface area contributed by atoms with Crippen molar-refractivity contribution in [1.82, 2.24) is 5.32 Å². The minimum absolute atomic E-state index is 0.215. The van der Waals surface area contributed by atoms with E-state index in [1.54, 1.807) is 67.6 Å². The molecule has 0 saturated heterocycles. The van der Waals surface area contributed by atoms with Crippen molar-refractivity contribution in [3.63, 3.8) is 0 Å². The zero-order chi connectivity index (χ0) is 22.9. The van der Waals surface area contributed by atoms with Crippen molar-refractivity contribution < 1.29 is 23.5 Å². The smallest absolute Gasteiger partial charge is 0.334 e. The predicted octanol–water partition coefficient (Wildman–Crippen LogP) is 4.26. The predicted molar refractivity (Wildman–Crippen MR) is 118 cm³/mol. The van der Waals surface area contributed by atoms with Gasteiger partial charge in [-0.3, -0.25) is 9.59 Å². The van der Waals surface area contributed by atoms with Crippen LogP contribution in [0.1, 0.15) is 35.3 Å². The topological polar surface area (TPSA) is 84.5 Å². The summed E-state index contributed by atoms with van der Waals surface area (Å²) in [5, 5.41) is 5.29. The molecule has 0 aliphatic heterocycles. The van der Waals surface area contributed by atoms with Crippen molar-refractivity contribution in [3.8, 4) is 0 Å². The van der Waals surface area contributed by atoms with E-state index in [2.05, 4.69) is 10.6 Å². The Morgan fingerprint density at radius 1 is 0.875 bits per heavy atom. The summed E-state index contributed by atoms with van der Waals surface area (Å²) in [6.45, 7) is 1.70. The maximum atomic E-state index is 13.1. The molecular weight excluding hydrogens is 411 g/mol. The molecule has 0 unspecified atom stereocenters. The van der Waals surface area contributed by atoms with Gasteiger partial charge in [0, 0.05) is 11.3 Å². The number of carbonyl (C=O) groups is 3. The van der Waals surface area contributed by atoms with E-state index >= 15 is 0 Å². The first-order chi connectivity index (χ1) is 15.5. The van der Waals surface area contributed by atoms with Crippen molar-refractivity contribution in [1.29, 1.82) is 0 Å². The molecule has 2 N–H and O–H groups in total. The summed E-state index contributed by atoms with van der Waals surface area (Å²) in [6, 6.07) is 21.3. The molecule has 0 saturated carbocycles. The molecule has 2 amide bonds. The molecule has 0 fully saturated rings. The molecule has 32 heavy (non-hydrogen) atoms. The standard InChI is InChI=1S/C25H23FN2O4/c1-2-21(24(30)27-20-15-13-19(26)14-16-20)32-25(31)22(17-9-5-3-6-10-17)28-23(29)18-11-7-4-8-12-18/h3-16,21-22H,2H2,1H3,(H,27,30)(H,28,29)/t21-,22+/m0/s1. The highest BCUT2D eigenvalue weighted by molar-refractivity contribution is 5.98. The molecule has 0 radical (unpaired) electrons. The molecule has 164 valence electrons. The first kappa shape index (κ1) is 22.7. The van der Waals surface area contributed by atoms with Crippen LogP contribution in [-0.4, -0.2) is 23.9 Å². The number of esters is 1. The quantitative estimate of drug-likeness (QED) is 0.519. The SMILES string of the molecule is CC[C@H](OC(=O)[C@H](NC(=O)c1ccccc1)c1ccccc1)C(=O)Nc1ccc(F)cc1. The molecule has 2 atom stereocenters. The van der Waals surface area contributed by atoms with Gasteiger partial charge < -0.3 is 15.4 Å². The van der Waals surface area contributed by atoms with E-state index in [1.807, 2.05) is 0 Å². The van der Waals surface area contributed by atoms with Gasteiger partial charge in [-0.25, -0.2) is 9.18 Å². The third-order valence-corrected chi connectivity index (χ3v) is 4.71. The van der Waals surface area contributed by atoms with Gasteiger partial charge in [-0.05, 0) is 48.4 Å². The second-order valence-corrected chi connectivity index (χ2v) is 7.01. The number of carbonyl (C=O) groups excluding carboxylic acids is 3. The molecule has 6 nitrogen and oxygen atoms in total. The van der Waals surface area contributed by atoms with Crippen LogP contribution >= 0.6 is 0 Å². The molecule has 3 aromatic carbocycles. The second-order valence-electron chi connectivity index (χ2n) is 7.01. The average molecular weight is 434 g/mol. The van der Waals surface area contributed by atoms with Gasteiger partial charge in [-0.2, -0.15) is 0 Å². The number of nitrogens with one attached hydrogen (secondary N) is 2. The lowest BCUT2D eigenvalue weighted by atomic mass is 10.1. The molecule has 0 aliphatic rings. The van der Waals surface area contributed by atoms with Crippen molar-refractivity contribution in [2.24, 2.45) is 0 Å². The maximum absolute atomic E-state index is 13.1. The number of benzene rings is 3. The number of hydrogen-bond donors (Lipinski definition) is 2. The molecule has 0 spiro atoms. The second kappa shape index (κ2) is 10.9. The van der Waals surface area contributed by atoms with Crippen molar-refractivity contribution in [2.75, 3.05) is 5.32 Å². The Hall–Kier alpha value is -4.00. The van der Waals surface area contributed by atoms with Gasteiger partial charge in [-0.1, -0.05) is 55.5 Å². The molecule has 0 heterocycles. The molecule has 3 rings (SSSR count). The minimum Gasteiger partial charge on any atom is -0.450 e. The van der Waals surface area contributed by atoms with E-state index in [1.165, 1.54) is 24.3 Å². The van der Waals surface area contributed by atoms with E-state index < -0.39 is 35.7 Å². The van der Waals surface area contributed by atoms with E-state index in [4.69, 9.17) is 4.74 Å². The summed E-state index contributed by atoms with van der Waals surface area (Å²) >= 11 is 0. The van der Waals surface area contributed by atoms with Crippen LogP contribution in [0.3, 0.4) is 0 Å². The van der Waals surface area contributed by atoms with E-state index in [-0.39, 0.29) is 6.42 Å². The molecule has 7 heteroatoms. The number of anilines is 1. The van der Waals surface area contributed by atoms with Crippen LogP contribution in [0.4, 0.5) is 10.1 Å². The van der Waals surface area contributed by atoms with Crippen molar-refractivity contribution >= 4 is 23.5 Å². The zero-order valence-electron chi connectivity index (χ0n) is 17.5. The fraction of sp³-hybridized carbons (Fsp3) is 0.160. The van der Waals surface area contributed by atoms with Crippen LogP contribution in [0.5, 0.6) is 0 Å². The summed E-state index contributed by atoms with van der Waals surface area (Å²) in [7, 11) is 0. The lowest BCUT2D eigenvalue weighted by Gasteiger charge is -2.22. The van der Waals surface area contributed by atoms with Gasteiger partial charge in [0.15, 0.2) is 12.1 Å². The fourth-order valence-corrected chi connectivity index (χ4v) is 3.01. The number of ether oxygens (including phenoxy) is 1. The van der Waals surface area contributed by atoms with Crippen LogP contribution in [0.2, 0.25) is 0 Å². The number of halogens is 1. The van der Waals surface area contributed by atoms with Gasteiger partial charge in [0.2, 0.25) is 0 Å². The summed E-state index contributed by atoms with van der Waals surface area (Å²) in [6.07, 6.45) is -0.875. The molecular formula is C25H23FN2O4. The molecule has 0 aromatic heterocycles. The van der Waals surface area contributed by atoms with Gasteiger partial charge in [0.1, 0.15) is 5.82 Å². The average Bonchev–Trinajstić information content (AvgIpc) is 2.83. The van der Waals surface area contributed by atoms with Crippen LogP contribution < -0.4 is 10.6 Å². The molecule has 0 aliphatic carbocycles. The third-order valence-electron chi connectivity index (χ3n) is 4.71. The lowest BCUT2D eigenvalue weighted by molar-refractivity contribution is -0.156. The Labute approximate surface area is 185 Å². The maximum Gasteiger partial charge on any atom is 0.334 e. The lowest BCUT2D eigenvalue weighted by Crippen LogP contribution is -2.39. The highest BCUT2D eigenvalue weighted by Crippen LogP contribution is 2.18. The first-order valence-electron chi connectivity index (χ1n) is 10.2. The largest absolute Gasteiger partial charge is 0.450 e.